The molecule has 0 saturated carbocycles. The number of rotatable bonds is 5. The lowest BCUT2D eigenvalue weighted by molar-refractivity contribution is -0.112. The molecule has 0 unspecified atom stereocenters. The minimum absolute atomic E-state index is 0.0344. The molecular weight excluding hydrogens is 156 g/mol. The molecule has 0 atom stereocenters. The lowest BCUT2D eigenvalue weighted by Crippen LogP contribution is -2.31. The maximum atomic E-state index is 10.7. The van der Waals surface area contributed by atoms with Gasteiger partial charge in [0.15, 0.2) is 5.78 Å². The highest BCUT2D eigenvalue weighted by molar-refractivity contribution is 5.87. The molecule has 4 nitrogen and oxygen atoms in total. The highest BCUT2D eigenvalue weighted by Crippen LogP contribution is 1.92. The molecule has 4 heteroatoms. The minimum Gasteiger partial charge on any atom is -0.479 e. The van der Waals surface area contributed by atoms with Crippen LogP contribution in [0.4, 0.5) is 0 Å². The molecule has 0 radical (unpaired) electrons. The van der Waals surface area contributed by atoms with Gasteiger partial charge in [0.1, 0.15) is 0 Å². The Bertz CT molecular complexity index is 176. The minimum atomic E-state index is -0.0344. The summed E-state index contributed by atoms with van der Waals surface area (Å²) in [5.74, 6) is 0.447. The first-order chi connectivity index (χ1) is 5.56. The van der Waals surface area contributed by atoms with E-state index >= 15 is 0 Å². The van der Waals surface area contributed by atoms with Crippen LogP contribution in [0.5, 0.6) is 0 Å². The van der Waals surface area contributed by atoms with Gasteiger partial charge in [0.2, 0.25) is 5.88 Å². The van der Waals surface area contributed by atoms with Crippen molar-refractivity contribution in [1.29, 1.82) is 0 Å². The Kier molecular flexibility index (Phi) is 5.12. The predicted octanol–water partition coefficient (Wildman–Crippen LogP) is 0.519. The van der Waals surface area contributed by atoms with Crippen LogP contribution in [-0.4, -0.2) is 31.5 Å². The number of allylic oxidation sites excluding steroid dienone is 1. The Morgan fingerprint density at radius 3 is 2.50 bits per heavy atom. The normalized spacial score (nSPS) is 11.6. The van der Waals surface area contributed by atoms with Crippen LogP contribution >= 0.6 is 0 Å². The molecule has 70 valence electrons. The lowest BCUT2D eigenvalue weighted by Gasteiger charge is -2.16. The Labute approximate surface area is 73.2 Å². The highest BCUT2D eigenvalue weighted by Gasteiger charge is 1.98. The molecule has 0 aromatic rings. The van der Waals surface area contributed by atoms with Crippen molar-refractivity contribution < 1.29 is 9.53 Å². The number of nitrogens with zero attached hydrogens (tertiary/aromatic N) is 1. The monoisotopic (exact) mass is 172 g/mol. The maximum absolute atomic E-state index is 10.7. The van der Waals surface area contributed by atoms with Crippen molar-refractivity contribution in [2.75, 3.05) is 20.7 Å². The molecule has 0 spiro atoms. The van der Waals surface area contributed by atoms with E-state index in [0.29, 0.717) is 12.5 Å². The fraction of sp³-hybridized carbons (Fsp3) is 0.625. The topological polar surface area (TPSA) is 41.6 Å². The van der Waals surface area contributed by atoms with Gasteiger partial charge in [-0.2, -0.15) is 0 Å². The van der Waals surface area contributed by atoms with Gasteiger partial charge in [0.25, 0.3) is 0 Å². The van der Waals surface area contributed by atoms with E-state index in [2.05, 4.69) is 5.43 Å². The molecule has 0 aliphatic heterocycles. The molecule has 0 aromatic carbocycles. The van der Waals surface area contributed by atoms with Crippen LogP contribution in [-0.2, 0) is 9.53 Å². The Morgan fingerprint density at radius 2 is 2.17 bits per heavy atom. The van der Waals surface area contributed by atoms with Crippen LogP contribution < -0.4 is 5.43 Å². The van der Waals surface area contributed by atoms with E-state index in [1.807, 2.05) is 21.0 Å². The molecule has 0 aromatic heterocycles. The molecule has 0 saturated heterocycles. The number of carbonyl (C=O) groups is 1. The largest absolute Gasteiger partial charge is 0.479 e. The van der Waals surface area contributed by atoms with Crippen LogP contribution in [0.2, 0.25) is 0 Å². The van der Waals surface area contributed by atoms with Crippen LogP contribution in [0.15, 0.2) is 12.0 Å². The molecular formula is C8H16N2O2. The van der Waals surface area contributed by atoms with Crippen molar-refractivity contribution in [3.63, 3.8) is 0 Å². The van der Waals surface area contributed by atoms with Gasteiger partial charge < -0.3 is 4.74 Å². The third kappa shape index (κ3) is 5.73. The average Bonchev–Trinajstić information content (AvgIpc) is 1.84. The van der Waals surface area contributed by atoms with E-state index in [1.54, 1.807) is 5.01 Å². The molecule has 0 bridgehead atoms. The van der Waals surface area contributed by atoms with Gasteiger partial charge in [-0.15, -0.1) is 0 Å². The Hall–Kier alpha value is -1.03. The molecule has 0 amide bonds. The number of ketones is 1. The third-order valence-corrected chi connectivity index (χ3v) is 0.968. The standard InChI is InChI=1S/C8H16N2O2/c1-5-12-8(6-7(2)11)9-10(3)4/h6,9H,5H2,1-4H3/b8-6-. The first-order valence-corrected chi connectivity index (χ1v) is 3.85. The summed E-state index contributed by atoms with van der Waals surface area (Å²) in [6.45, 7) is 3.89. The van der Waals surface area contributed by atoms with Crippen molar-refractivity contribution in [1.82, 2.24) is 10.4 Å². The van der Waals surface area contributed by atoms with Crippen molar-refractivity contribution in [2.24, 2.45) is 0 Å². The second-order valence-corrected chi connectivity index (χ2v) is 2.56. The SMILES string of the molecule is CCO/C(=C\C(C)=O)NN(C)C. The molecule has 1 N–H and O–H groups in total. The highest BCUT2D eigenvalue weighted by atomic mass is 16.5. The Morgan fingerprint density at radius 1 is 1.58 bits per heavy atom. The van der Waals surface area contributed by atoms with E-state index in [4.69, 9.17) is 4.74 Å². The molecule has 0 fully saturated rings. The number of hydrogen-bond donors (Lipinski definition) is 1. The fourth-order valence-corrected chi connectivity index (χ4v) is 0.667. The van der Waals surface area contributed by atoms with Gasteiger partial charge >= 0.3 is 0 Å². The number of nitrogens with one attached hydrogen (secondary N) is 1. The number of ether oxygens (including phenoxy) is 1. The number of hydrogen-bond acceptors (Lipinski definition) is 4. The summed E-state index contributed by atoms with van der Waals surface area (Å²) in [5, 5.41) is 1.71. The summed E-state index contributed by atoms with van der Waals surface area (Å²) in [7, 11) is 3.65. The van der Waals surface area contributed by atoms with Gasteiger partial charge in [0, 0.05) is 20.2 Å². The van der Waals surface area contributed by atoms with Crippen molar-refractivity contribution >= 4 is 5.78 Å². The second-order valence-electron chi connectivity index (χ2n) is 2.56. The fourth-order valence-electron chi connectivity index (χ4n) is 0.667. The van der Waals surface area contributed by atoms with Gasteiger partial charge in [-0.05, 0) is 13.8 Å². The zero-order valence-electron chi connectivity index (χ0n) is 8.05. The smallest absolute Gasteiger partial charge is 0.204 e. The molecule has 0 aliphatic rings. The summed E-state index contributed by atoms with van der Waals surface area (Å²) in [6.07, 6.45) is 1.42. The first-order valence-electron chi connectivity index (χ1n) is 3.85. The quantitative estimate of drug-likeness (QED) is 0.373. The number of hydrazine groups is 1. The average molecular weight is 172 g/mol. The summed E-state index contributed by atoms with van der Waals surface area (Å²) in [5.41, 5.74) is 2.86. The van der Waals surface area contributed by atoms with Gasteiger partial charge in [-0.1, -0.05) is 0 Å². The molecule has 0 heterocycles. The van der Waals surface area contributed by atoms with Crippen molar-refractivity contribution in [2.45, 2.75) is 13.8 Å². The van der Waals surface area contributed by atoms with Gasteiger partial charge in [-0.3, -0.25) is 10.2 Å². The zero-order valence-corrected chi connectivity index (χ0v) is 8.05. The predicted molar refractivity (Wildman–Crippen MR) is 47.2 cm³/mol. The van der Waals surface area contributed by atoms with Crippen LogP contribution in [0.25, 0.3) is 0 Å². The maximum Gasteiger partial charge on any atom is 0.204 e. The van der Waals surface area contributed by atoms with E-state index < -0.39 is 0 Å². The molecule has 0 rings (SSSR count). The van der Waals surface area contributed by atoms with E-state index in [0.717, 1.165) is 0 Å². The lowest BCUT2D eigenvalue weighted by atomic mass is 10.4. The van der Waals surface area contributed by atoms with Crippen molar-refractivity contribution in [3.8, 4) is 0 Å². The first kappa shape index (κ1) is 11.0. The van der Waals surface area contributed by atoms with Crippen LogP contribution in [0.1, 0.15) is 13.8 Å². The number of carbonyl (C=O) groups excluding carboxylic acids is 1. The van der Waals surface area contributed by atoms with Gasteiger partial charge in [-0.25, -0.2) is 5.01 Å². The molecule has 12 heavy (non-hydrogen) atoms. The van der Waals surface area contributed by atoms with E-state index in [1.165, 1.54) is 13.0 Å². The third-order valence-electron chi connectivity index (χ3n) is 0.968. The van der Waals surface area contributed by atoms with Crippen LogP contribution in [0, 0.1) is 0 Å². The summed E-state index contributed by atoms with van der Waals surface area (Å²) in [6, 6.07) is 0. The summed E-state index contributed by atoms with van der Waals surface area (Å²) >= 11 is 0. The van der Waals surface area contributed by atoms with Gasteiger partial charge in [0.05, 0.1) is 6.61 Å². The van der Waals surface area contributed by atoms with Crippen LogP contribution in [0.3, 0.4) is 0 Å². The summed E-state index contributed by atoms with van der Waals surface area (Å²) < 4.78 is 5.15. The summed E-state index contributed by atoms with van der Waals surface area (Å²) in [4.78, 5) is 10.7. The Balaban J connectivity index is 4.12. The zero-order chi connectivity index (χ0) is 9.56. The van der Waals surface area contributed by atoms with E-state index in [-0.39, 0.29) is 5.78 Å². The molecule has 0 aliphatic carbocycles. The second kappa shape index (κ2) is 5.60. The van der Waals surface area contributed by atoms with E-state index in [9.17, 15) is 4.79 Å². The van der Waals surface area contributed by atoms with Crippen molar-refractivity contribution in [3.05, 3.63) is 12.0 Å².